The number of carbonyl (C=O) groups is 1. The monoisotopic (exact) mass is 270 g/mol. The summed E-state index contributed by atoms with van der Waals surface area (Å²) in [5.74, 6) is -0.605. The van der Waals surface area contributed by atoms with Gasteiger partial charge in [0.05, 0.1) is 12.1 Å². The molecular weight excluding hydrogens is 249 g/mol. The molecule has 108 valence electrons. The molecule has 0 aromatic carbocycles. The van der Waals surface area contributed by atoms with Crippen molar-refractivity contribution >= 4 is 5.91 Å². The number of hydrogen-bond donors (Lipinski definition) is 1. The summed E-state index contributed by atoms with van der Waals surface area (Å²) in [6, 6.07) is -0.161. The van der Waals surface area contributed by atoms with E-state index in [1.54, 1.807) is 6.92 Å². The molecule has 0 spiro atoms. The maximum atomic E-state index is 12.1. The number of carbonyl (C=O) groups excluding carboxylic acids is 1. The fraction of sp³-hybridized carbons (Fsp3) is 0.909. The predicted octanol–water partition coefficient (Wildman–Crippen LogP) is 1.41. The van der Waals surface area contributed by atoms with Gasteiger partial charge in [-0.15, -0.1) is 0 Å². The molecule has 18 heavy (non-hydrogen) atoms. The largest absolute Gasteiger partial charge is 0.406 e. The molecule has 1 unspecified atom stereocenters. The van der Waals surface area contributed by atoms with E-state index in [9.17, 15) is 18.0 Å². The van der Waals surface area contributed by atoms with Crippen molar-refractivity contribution in [2.75, 3.05) is 27.2 Å². The Labute approximate surface area is 105 Å². The molecule has 0 fully saturated rings. The topological polar surface area (TPSA) is 41.6 Å². The number of nitrogens with zero attached hydrogens (tertiary/aromatic N) is 1. The second-order valence-electron chi connectivity index (χ2n) is 4.78. The summed E-state index contributed by atoms with van der Waals surface area (Å²) in [4.78, 5) is 12.1. The molecule has 0 aromatic heterocycles. The summed E-state index contributed by atoms with van der Waals surface area (Å²) in [6.45, 7) is 4.07. The number of likely N-dealkylation sites (N-methyl/N-ethyl adjacent to an activating group) is 1. The number of methoxy groups -OCH3 is 1. The van der Waals surface area contributed by atoms with Gasteiger partial charge in [-0.1, -0.05) is 0 Å². The van der Waals surface area contributed by atoms with E-state index in [0.29, 0.717) is 4.90 Å². The average molecular weight is 270 g/mol. The highest BCUT2D eigenvalue weighted by molar-refractivity contribution is 5.78. The molecule has 0 radical (unpaired) electrons. The number of alkyl halides is 3. The van der Waals surface area contributed by atoms with E-state index in [4.69, 9.17) is 4.74 Å². The number of hydrogen-bond acceptors (Lipinski definition) is 3. The van der Waals surface area contributed by atoms with Crippen LogP contribution >= 0.6 is 0 Å². The van der Waals surface area contributed by atoms with E-state index in [1.807, 2.05) is 13.8 Å². The van der Waals surface area contributed by atoms with E-state index in [-0.39, 0.29) is 12.6 Å². The molecule has 0 aliphatic heterocycles. The van der Waals surface area contributed by atoms with Crippen molar-refractivity contribution < 1.29 is 22.7 Å². The number of amides is 1. The maximum Gasteiger partial charge on any atom is 0.406 e. The lowest BCUT2D eigenvalue weighted by atomic mass is 10.0. The number of ether oxygens (including phenoxy) is 1. The summed E-state index contributed by atoms with van der Waals surface area (Å²) in [5, 5.41) is 2.86. The SMILES string of the molecule is COC(C)(C)C(C)NCC(=O)N(C)CC(F)(F)F. The molecule has 0 aliphatic carbocycles. The van der Waals surface area contributed by atoms with Crippen LogP contribution in [-0.2, 0) is 9.53 Å². The van der Waals surface area contributed by atoms with Crippen molar-refractivity contribution in [2.24, 2.45) is 0 Å². The van der Waals surface area contributed by atoms with Crippen LogP contribution in [0.1, 0.15) is 20.8 Å². The summed E-state index contributed by atoms with van der Waals surface area (Å²) in [7, 11) is 2.67. The lowest BCUT2D eigenvalue weighted by molar-refractivity contribution is -0.158. The summed E-state index contributed by atoms with van der Waals surface area (Å²) < 4.78 is 41.4. The highest BCUT2D eigenvalue weighted by atomic mass is 19.4. The van der Waals surface area contributed by atoms with Crippen LogP contribution in [0, 0.1) is 0 Å². The van der Waals surface area contributed by atoms with Gasteiger partial charge in [-0.05, 0) is 20.8 Å². The zero-order valence-electron chi connectivity index (χ0n) is 11.4. The van der Waals surface area contributed by atoms with Crippen LogP contribution in [0.25, 0.3) is 0 Å². The van der Waals surface area contributed by atoms with Gasteiger partial charge in [0.25, 0.3) is 0 Å². The first kappa shape index (κ1) is 17.2. The van der Waals surface area contributed by atoms with Gasteiger partial charge < -0.3 is 15.0 Å². The molecule has 0 rings (SSSR count). The van der Waals surface area contributed by atoms with E-state index in [1.165, 1.54) is 7.11 Å². The summed E-state index contributed by atoms with van der Waals surface area (Å²) >= 11 is 0. The molecule has 0 aromatic rings. The van der Waals surface area contributed by atoms with Crippen LogP contribution in [0.15, 0.2) is 0 Å². The summed E-state index contributed by atoms with van der Waals surface area (Å²) in [5.41, 5.74) is -0.497. The third kappa shape index (κ3) is 6.20. The minimum absolute atomic E-state index is 0.152. The van der Waals surface area contributed by atoms with Gasteiger partial charge in [0.1, 0.15) is 6.54 Å². The normalized spacial score (nSPS) is 14.4. The van der Waals surface area contributed by atoms with Gasteiger partial charge in [-0.3, -0.25) is 4.79 Å². The van der Waals surface area contributed by atoms with E-state index in [0.717, 1.165) is 7.05 Å². The molecule has 1 N–H and O–H groups in total. The number of halogens is 3. The zero-order valence-corrected chi connectivity index (χ0v) is 11.4. The molecule has 1 amide bonds. The predicted molar refractivity (Wildman–Crippen MR) is 62.2 cm³/mol. The van der Waals surface area contributed by atoms with Crippen LogP contribution in [-0.4, -0.2) is 55.9 Å². The van der Waals surface area contributed by atoms with E-state index < -0.39 is 24.2 Å². The Hall–Kier alpha value is -0.820. The van der Waals surface area contributed by atoms with E-state index >= 15 is 0 Å². The first-order chi connectivity index (χ1) is 7.99. The standard InChI is InChI=1S/C11H21F3N2O2/c1-8(10(2,3)18-5)15-6-9(17)16(4)7-11(12,13)14/h8,15H,6-7H2,1-5H3. The third-order valence-electron chi connectivity index (χ3n) is 2.97. The Bertz CT molecular complexity index is 280. The highest BCUT2D eigenvalue weighted by Gasteiger charge is 2.31. The van der Waals surface area contributed by atoms with Crippen LogP contribution in [0.4, 0.5) is 13.2 Å². The van der Waals surface area contributed by atoms with Crippen molar-refractivity contribution in [2.45, 2.75) is 38.6 Å². The molecule has 0 saturated carbocycles. The van der Waals surface area contributed by atoms with Gasteiger partial charge in [-0.2, -0.15) is 13.2 Å². The fourth-order valence-corrected chi connectivity index (χ4v) is 1.16. The van der Waals surface area contributed by atoms with Gasteiger partial charge in [0, 0.05) is 20.2 Å². The lowest BCUT2D eigenvalue weighted by Crippen LogP contribution is -2.50. The van der Waals surface area contributed by atoms with Crippen LogP contribution in [0.3, 0.4) is 0 Å². The van der Waals surface area contributed by atoms with Crippen LogP contribution < -0.4 is 5.32 Å². The Morgan fingerprint density at radius 1 is 1.39 bits per heavy atom. The Morgan fingerprint density at radius 2 is 1.89 bits per heavy atom. The molecule has 0 heterocycles. The lowest BCUT2D eigenvalue weighted by Gasteiger charge is -2.31. The van der Waals surface area contributed by atoms with E-state index in [2.05, 4.69) is 5.32 Å². The van der Waals surface area contributed by atoms with Crippen molar-refractivity contribution in [3.05, 3.63) is 0 Å². The fourth-order valence-electron chi connectivity index (χ4n) is 1.16. The van der Waals surface area contributed by atoms with Gasteiger partial charge in [0.15, 0.2) is 0 Å². The molecular formula is C11H21F3N2O2. The first-order valence-electron chi connectivity index (χ1n) is 5.59. The first-order valence-corrected chi connectivity index (χ1v) is 5.59. The van der Waals surface area contributed by atoms with Crippen LogP contribution in [0.2, 0.25) is 0 Å². The second-order valence-corrected chi connectivity index (χ2v) is 4.78. The molecule has 7 heteroatoms. The van der Waals surface area contributed by atoms with Gasteiger partial charge >= 0.3 is 6.18 Å². The minimum Gasteiger partial charge on any atom is -0.377 e. The van der Waals surface area contributed by atoms with Crippen LogP contribution in [0.5, 0.6) is 0 Å². The third-order valence-corrected chi connectivity index (χ3v) is 2.97. The average Bonchev–Trinajstić information content (AvgIpc) is 2.22. The zero-order chi connectivity index (χ0) is 14.6. The smallest absolute Gasteiger partial charge is 0.377 e. The molecule has 1 atom stereocenters. The Balaban J connectivity index is 4.19. The maximum absolute atomic E-state index is 12.1. The van der Waals surface area contributed by atoms with Crippen molar-refractivity contribution in [1.29, 1.82) is 0 Å². The highest BCUT2D eigenvalue weighted by Crippen LogP contribution is 2.16. The minimum atomic E-state index is -4.37. The van der Waals surface area contributed by atoms with Gasteiger partial charge in [0.2, 0.25) is 5.91 Å². The quantitative estimate of drug-likeness (QED) is 0.793. The van der Waals surface area contributed by atoms with Crippen molar-refractivity contribution in [3.8, 4) is 0 Å². The molecule has 4 nitrogen and oxygen atoms in total. The molecule has 0 aliphatic rings. The van der Waals surface area contributed by atoms with Gasteiger partial charge in [-0.25, -0.2) is 0 Å². The summed E-state index contributed by atoms with van der Waals surface area (Å²) in [6.07, 6.45) is -4.37. The second kappa shape index (κ2) is 6.38. The molecule has 0 bridgehead atoms. The number of rotatable bonds is 6. The Morgan fingerprint density at radius 3 is 2.28 bits per heavy atom. The van der Waals surface area contributed by atoms with Crippen molar-refractivity contribution in [3.63, 3.8) is 0 Å². The number of nitrogens with one attached hydrogen (secondary N) is 1. The Kier molecular flexibility index (Phi) is 6.09. The molecule has 0 saturated heterocycles. The van der Waals surface area contributed by atoms with Crippen molar-refractivity contribution in [1.82, 2.24) is 10.2 Å².